The minimum atomic E-state index is 0.706. The van der Waals surface area contributed by atoms with Crippen LogP contribution in [0.25, 0.3) is 10.9 Å². The number of rotatable bonds is 5. The van der Waals surface area contributed by atoms with E-state index in [-0.39, 0.29) is 0 Å². The van der Waals surface area contributed by atoms with Crippen molar-refractivity contribution < 1.29 is 4.74 Å². The molecular formula is C17H21ClN2O. The van der Waals surface area contributed by atoms with Crippen molar-refractivity contribution in [2.45, 2.75) is 25.7 Å². The molecule has 0 amide bonds. The molecule has 112 valence electrons. The van der Waals surface area contributed by atoms with E-state index in [1.54, 1.807) is 6.20 Å². The van der Waals surface area contributed by atoms with Crippen LogP contribution in [0.4, 0.5) is 0 Å². The van der Waals surface area contributed by atoms with E-state index in [4.69, 9.17) is 16.3 Å². The normalized spacial score (nSPS) is 16.2. The van der Waals surface area contributed by atoms with Gasteiger partial charge in [0.05, 0.1) is 12.1 Å². The van der Waals surface area contributed by atoms with Crippen LogP contribution < -0.4 is 4.74 Å². The second-order valence-corrected chi connectivity index (χ2v) is 6.01. The lowest BCUT2D eigenvalue weighted by Crippen LogP contribution is -2.31. The fourth-order valence-electron chi connectivity index (χ4n) is 2.87. The average molecular weight is 305 g/mol. The van der Waals surface area contributed by atoms with Gasteiger partial charge in [-0.05, 0) is 56.6 Å². The molecular weight excluding hydrogens is 284 g/mol. The highest BCUT2D eigenvalue weighted by molar-refractivity contribution is 6.31. The predicted octanol–water partition coefficient (Wildman–Crippen LogP) is 4.14. The van der Waals surface area contributed by atoms with Crippen LogP contribution in [0, 0.1) is 0 Å². The number of ether oxygens (including phenoxy) is 1. The first kappa shape index (κ1) is 14.6. The zero-order valence-corrected chi connectivity index (χ0v) is 13.0. The Morgan fingerprint density at radius 2 is 2.00 bits per heavy atom. The maximum Gasteiger partial charge on any atom is 0.130 e. The number of halogens is 1. The number of likely N-dealkylation sites (tertiary alicyclic amines) is 1. The molecule has 3 nitrogen and oxygen atoms in total. The van der Waals surface area contributed by atoms with Crippen LogP contribution in [0.2, 0.25) is 5.02 Å². The average Bonchev–Trinajstić information content (AvgIpc) is 2.52. The summed E-state index contributed by atoms with van der Waals surface area (Å²) in [5.41, 5.74) is 0.885. The molecule has 1 aromatic heterocycles. The van der Waals surface area contributed by atoms with Crippen molar-refractivity contribution in [3.63, 3.8) is 0 Å². The van der Waals surface area contributed by atoms with Crippen molar-refractivity contribution in [2.75, 3.05) is 26.2 Å². The number of hydrogen-bond acceptors (Lipinski definition) is 3. The summed E-state index contributed by atoms with van der Waals surface area (Å²) in [6.45, 7) is 4.38. The number of aromatic nitrogens is 1. The molecule has 1 aliphatic rings. The number of benzene rings is 1. The van der Waals surface area contributed by atoms with E-state index in [2.05, 4.69) is 9.88 Å². The lowest BCUT2D eigenvalue weighted by molar-refractivity contribution is 0.205. The third kappa shape index (κ3) is 3.86. The summed E-state index contributed by atoms with van der Waals surface area (Å²) in [6, 6.07) is 7.66. The Bertz CT molecular complexity index is 596. The second kappa shape index (κ2) is 7.10. The Balaban J connectivity index is 1.55. The van der Waals surface area contributed by atoms with Crippen LogP contribution in [0.15, 0.2) is 30.5 Å². The summed E-state index contributed by atoms with van der Waals surface area (Å²) < 4.78 is 5.94. The SMILES string of the molecule is Clc1ccc2c(OCCCN3CCCCC3)ccnc2c1. The molecule has 0 unspecified atom stereocenters. The number of fused-ring (bicyclic) bond motifs is 1. The molecule has 0 saturated carbocycles. The maximum atomic E-state index is 6.00. The van der Waals surface area contributed by atoms with E-state index in [0.29, 0.717) is 5.02 Å². The Kier molecular flexibility index (Phi) is 4.94. The van der Waals surface area contributed by atoms with Crippen LogP contribution in [0.3, 0.4) is 0 Å². The van der Waals surface area contributed by atoms with Crippen LogP contribution in [-0.4, -0.2) is 36.1 Å². The molecule has 0 bridgehead atoms. The van der Waals surface area contributed by atoms with E-state index in [1.807, 2.05) is 24.3 Å². The maximum absolute atomic E-state index is 6.00. The van der Waals surface area contributed by atoms with Crippen LogP contribution in [0.5, 0.6) is 5.75 Å². The second-order valence-electron chi connectivity index (χ2n) is 5.57. The van der Waals surface area contributed by atoms with Gasteiger partial charge in [0.25, 0.3) is 0 Å². The number of piperidine rings is 1. The Morgan fingerprint density at radius 3 is 2.86 bits per heavy atom. The van der Waals surface area contributed by atoms with Gasteiger partial charge in [-0.25, -0.2) is 0 Å². The van der Waals surface area contributed by atoms with Crippen molar-refractivity contribution in [3.8, 4) is 5.75 Å². The van der Waals surface area contributed by atoms with Crippen molar-refractivity contribution >= 4 is 22.5 Å². The van der Waals surface area contributed by atoms with Crippen molar-refractivity contribution in [1.29, 1.82) is 0 Å². The van der Waals surface area contributed by atoms with Crippen LogP contribution in [0.1, 0.15) is 25.7 Å². The number of nitrogens with zero attached hydrogens (tertiary/aromatic N) is 2. The van der Waals surface area contributed by atoms with Crippen LogP contribution in [-0.2, 0) is 0 Å². The standard InChI is InChI=1S/C17H21ClN2O/c18-14-5-6-15-16(13-14)19-8-7-17(15)21-12-4-11-20-9-2-1-3-10-20/h5-8,13H,1-4,9-12H2. The molecule has 3 rings (SSSR count). The summed E-state index contributed by atoms with van der Waals surface area (Å²) in [5.74, 6) is 0.898. The molecule has 21 heavy (non-hydrogen) atoms. The Hall–Kier alpha value is -1.32. The highest BCUT2D eigenvalue weighted by Gasteiger charge is 2.09. The molecule has 1 aromatic carbocycles. The van der Waals surface area contributed by atoms with Gasteiger partial charge in [0.2, 0.25) is 0 Å². The van der Waals surface area contributed by atoms with Gasteiger partial charge >= 0.3 is 0 Å². The number of hydrogen-bond donors (Lipinski definition) is 0. The molecule has 1 aliphatic heterocycles. The molecule has 0 atom stereocenters. The molecule has 2 heterocycles. The van der Waals surface area contributed by atoms with Crippen molar-refractivity contribution in [1.82, 2.24) is 9.88 Å². The summed E-state index contributed by atoms with van der Waals surface area (Å²) >= 11 is 6.00. The first-order valence-electron chi connectivity index (χ1n) is 7.72. The first-order chi connectivity index (χ1) is 10.3. The minimum Gasteiger partial charge on any atom is -0.493 e. The van der Waals surface area contributed by atoms with Gasteiger partial charge in [-0.2, -0.15) is 0 Å². The lowest BCUT2D eigenvalue weighted by Gasteiger charge is -2.26. The molecule has 4 heteroatoms. The molecule has 0 N–H and O–H groups in total. The zero-order chi connectivity index (χ0) is 14.5. The zero-order valence-electron chi connectivity index (χ0n) is 12.2. The van der Waals surface area contributed by atoms with E-state index in [1.165, 1.54) is 32.4 Å². The summed E-state index contributed by atoms with van der Waals surface area (Å²) in [4.78, 5) is 6.87. The van der Waals surface area contributed by atoms with Gasteiger partial charge in [-0.15, -0.1) is 0 Å². The molecule has 0 spiro atoms. The van der Waals surface area contributed by atoms with Crippen LogP contribution >= 0.6 is 11.6 Å². The first-order valence-corrected chi connectivity index (χ1v) is 8.10. The Morgan fingerprint density at radius 1 is 1.14 bits per heavy atom. The van der Waals surface area contributed by atoms with E-state index < -0.39 is 0 Å². The molecule has 1 fully saturated rings. The van der Waals surface area contributed by atoms with Crippen molar-refractivity contribution in [3.05, 3.63) is 35.5 Å². The van der Waals surface area contributed by atoms with Gasteiger partial charge in [-0.1, -0.05) is 18.0 Å². The van der Waals surface area contributed by atoms with Gasteiger partial charge < -0.3 is 9.64 Å². The third-order valence-electron chi connectivity index (χ3n) is 3.99. The summed E-state index contributed by atoms with van der Waals surface area (Å²) in [7, 11) is 0. The quantitative estimate of drug-likeness (QED) is 0.776. The van der Waals surface area contributed by atoms with Gasteiger partial charge in [0.1, 0.15) is 5.75 Å². The van der Waals surface area contributed by atoms with E-state index >= 15 is 0 Å². The highest BCUT2D eigenvalue weighted by atomic mass is 35.5. The minimum absolute atomic E-state index is 0.706. The van der Waals surface area contributed by atoms with E-state index in [9.17, 15) is 0 Å². The summed E-state index contributed by atoms with van der Waals surface area (Å²) in [6.07, 6.45) is 6.92. The summed E-state index contributed by atoms with van der Waals surface area (Å²) in [5, 5.41) is 1.73. The largest absolute Gasteiger partial charge is 0.493 e. The monoisotopic (exact) mass is 304 g/mol. The van der Waals surface area contributed by atoms with Gasteiger partial charge in [0.15, 0.2) is 0 Å². The topological polar surface area (TPSA) is 25.4 Å². The smallest absolute Gasteiger partial charge is 0.130 e. The Labute approximate surface area is 130 Å². The van der Waals surface area contributed by atoms with E-state index in [0.717, 1.165) is 36.2 Å². The van der Waals surface area contributed by atoms with Gasteiger partial charge in [0, 0.05) is 23.2 Å². The molecule has 0 aliphatic carbocycles. The van der Waals surface area contributed by atoms with Crippen molar-refractivity contribution in [2.24, 2.45) is 0 Å². The third-order valence-corrected chi connectivity index (χ3v) is 4.22. The molecule has 0 radical (unpaired) electrons. The predicted molar refractivity (Wildman–Crippen MR) is 87.2 cm³/mol. The lowest BCUT2D eigenvalue weighted by atomic mass is 10.1. The molecule has 2 aromatic rings. The number of pyridine rings is 1. The molecule has 1 saturated heterocycles. The van der Waals surface area contributed by atoms with Gasteiger partial charge in [-0.3, -0.25) is 4.98 Å². The highest BCUT2D eigenvalue weighted by Crippen LogP contribution is 2.26. The fourth-order valence-corrected chi connectivity index (χ4v) is 3.04. The fraction of sp³-hybridized carbons (Fsp3) is 0.471.